The molecule has 1 aromatic heterocycles. The van der Waals surface area contributed by atoms with Crippen LogP contribution in [0.4, 0.5) is 0 Å². The molecule has 0 bridgehead atoms. The van der Waals surface area contributed by atoms with Crippen LogP contribution in [-0.2, 0) is 11.2 Å². The van der Waals surface area contributed by atoms with Crippen LogP contribution in [-0.4, -0.2) is 24.7 Å². The fraction of sp³-hybridized carbons (Fsp3) is 0.667. The molecule has 0 spiro atoms. The molecule has 2 atom stereocenters. The van der Waals surface area contributed by atoms with E-state index in [1.807, 2.05) is 12.4 Å². The molecule has 2 heterocycles. The third kappa shape index (κ3) is 3.09. The van der Waals surface area contributed by atoms with Gasteiger partial charge in [0.05, 0.1) is 6.61 Å². The lowest BCUT2D eigenvalue weighted by Gasteiger charge is -2.26. The van der Waals surface area contributed by atoms with E-state index in [4.69, 9.17) is 4.74 Å². The summed E-state index contributed by atoms with van der Waals surface area (Å²) in [5, 5.41) is 3.69. The Morgan fingerprint density at radius 1 is 1.50 bits per heavy atom. The van der Waals surface area contributed by atoms with Crippen LogP contribution >= 0.6 is 0 Å². The molecule has 100 valence electrons. The summed E-state index contributed by atoms with van der Waals surface area (Å²) in [5.74, 6) is 0.601. The smallest absolute Gasteiger partial charge is 0.0513 e. The van der Waals surface area contributed by atoms with Crippen molar-refractivity contribution in [2.75, 3.05) is 19.8 Å². The van der Waals surface area contributed by atoms with Crippen molar-refractivity contribution < 1.29 is 4.74 Å². The molecule has 2 unspecified atom stereocenters. The molecular weight excluding hydrogens is 224 g/mol. The fourth-order valence-corrected chi connectivity index (χ4v) is 2.68. The van der Waals surface area contributed by atoms with Gasteiger partial charge < -0.3 is 10.1 Å². The first kappa shape index (κ1) is 13.5. The number of nitrogens with one attached hydrogen (secondary N) is 1. The second-order valence-corrected chi connectivity index (χ2v) is 4.98. The number of aromatic nitrogens is 1. The summed E-state index contributed by atoms with van der Waals surface area (Å²) in [6, 6.07) is 2.59. The van der Waals surface area contributed by atoms with Crippen LogP contribution in [0, 0.1) is 5.92 Å². The van der Waals surface area contributed by atoms with Gasteiger partial charge in [-0.1, -0.05) is 13.8 Å². The predicted octanol–water partition coefficient (Wildman–Crippen LogP) is 2.72. The first-order valence-corrected chi connectivity index (χ1v) is 7.10. The van der Waals surface area contributed by atoms with Crippen LogP contribution in [0.5, 0.6) is 0 Å². The van der Waals surface area contributed by atoms with Gasteiger partial charge in [0.25, 0.3) is 0 Å². The summed E-state index contributed by atoms with van der Waals surface area (Å²) in [6.45, 7) is 7.26. The van der Waals surface area contributed by atoms with E-state index in [0.717, 1.165) is 39.0 Å². The van der Waals surface area contributed by atoms with E-state index < -0.39 is 0 Å². The van der Waals surface area contributed by atoms with Gasteiger partial charge in [0.2, 0.25) is 0 Å². The molecule has 3 heteroatoms. The van der Waals surface area contributed by atoms with Crippen LogP contribution in [0.3, 0.4) is 0 Å². The molecule has 1 fully saturated rings. The highest BCUT2D eigenvalue weighted by Gasteiger charge is 2.27. The van der Waals surface area contributed by atoms with Crippen LogP contribution in [0.25, 0.3) is 0 Å². The van der Waals surface area contributed by atoms with Gasteiger partial charge in [0.1, 0.15) is 0 Å². The molecule has 1 aromatic rings. The number of rotatable bonds is 6. The Kier molecular flexibility index (Phi) is 5.14. The highest BCUT2D eigenvalue weighted by Crippen LogP contribution is 2.30. The average Bonchev–Trinajstić information content (AvgIpc) is 2.94. The van der Waals surface area contributed by atoms with E-state index in [-0.39, 0.29) is 0 Å². The van der Waals surface area contributed by atoms with Crippen LogP contribution in [0.15, 0.2) is 18.5 Å². The number of ether oxygens (including phenoxy) is 1. The Hall–Kier alpha value is -0.930. The maximum absolute atomic E-state index is 5.56. The third-order valence-electron chi connectivity index (χ3n) is 3.71. The zero-order valence-corrected chi connectivity index (χ0v) is 11.5. The number of hydrogen-bond donors (Lipinski definition) is 1. The van der Waals surface area contributed by atoms with Gasteiger partial charge in [-0.25, -0.2) is 0 Å². The van der Waals surface area contributed by atoms with E-state index in [1.165, 1.54) is 11.1 Å². The second kappa shape index (κ2) is 6.86. The predicted molar refractivity (Wildman–Crippen MR) is 73.6 cm³/mol. The Morgan fingerprint density at radius 2 is 2.39 bits per heavy atom. The summed E-state index contributed by atoms with van der Waals surface area (Å²) < 4.78 is 5.56. The normalized spacial score (nSPS) is 21.1. The highest BCUT2D eigenvalue weighted by atomic mass is 16.5. The molecule has 0 saturated carbocycles. The molecule has 0 aliphatic carbocycles. The molecule has 1 N–H and O–H groups in total. The van der Waals surface area contributed by atoms with Crippen LogP contribution in [0.1, 0.15) is 43.9 Å². The van der Waals surface area contributed by atoms with Crippen molar-refractivity contribution in [1.82, 2.24) is 10.3 Å². The number of nitrogens with zero attached hydrogens (tertiary/aromatic N) is 1. The Morgan fingerprint density at radius 3 is 3.06 bits per heavy atom. The maximum Gasteiger partial charge on any atom is 0.0513 e. The van der Waals surface area contributed by atoms with Crippen molar-refractivity contribution in [2.24, 2.45) is 5.92 Å². The molecule has 1 aliphatic rings. The van der Waals surface area contributed by atoms with Crippen molar-refractivity contribution >= 4 is 0 Å². The van der Waals surface area contributed by atoms with E-state index in [0.29, 0.717) is 12.0 Å². The number of pyridine rings is 1. The summed E-state index contributed by atoms with van der Waals surface area (Å²) in [5.41, 5.74) is 2.77. The topological polar surface area (TPSA) is 34.2 Å². The third-order valence-corrected chi connectivity index (χ3v) is 3.71. The SMILES string of the molecule is CCCNC(c1ccncc1CC)C1CCOC1. The fourth-order valence-electron chi connectivity index (χ4n) is 2.68. The quantitative estimate of drug-likeness (QED) is 0.840. The zero-order chi connectivity index (χ0) is 12.8. The highest BCUT2D eigenvalue weighted by molar-refractivity contribution is 5.27. The number of aryl methyl sites for hydroxylation is 1. The van der Waals surface area contributed by atoms with Crippen LogP contribution < -0.4 is 5.32 Å². The lowest BCUT2D eigenvalue weighted by atomic mass is 9.89. The van der Waals surface area contributed by atoms with Crippen molar-refractivity contribution in [3.05, 3.63) is 29.6 Å². The summed E-state index contributed by atoms with van der Waals surface area (Å²) in [6.07, 6.45) is 7.28. The van der Waals surface area contributed by atoms with Gasteiger partial charge in [-0.05, 0) is 43.0 Å². The molecule has 0 aromatic carbocycles. The standard InChI is InChI=1S/C15H24N2O/c1-3-7-17-15(13-6-9-18-11-13)14-5-8-16-10-12(14)4-2/h5,8,10,13,15,17H,3-4,6-7,9,11H2,1-2H3. The Labute approximate surface area is 110 Å². The lowest BCUT2D eigenvalue weighted by molar-refractivity contribution is 0.176. The van der Waals surface area contributed by atoms with Gasteiger partial charge in [0.15, 0.2) is 0 Å². The van der Waals surface area contributed by atoms with E-state index in [1.54, 1.807) is 0 Å². The number of hydrogen-bond acceptors (Lipinski definition) is 3. The Balaban J connectivity index is 2.20. The molecule has 1 aliphatic heterocycles. The lowest BCUT2D eigenvalue weighted by Crippen LogP contribution is -2.30. The minimum atomic E-state index is 0.422. The minimum Gasteiger partial charge on any atom is -0.381 e. The molecular formula is C15H24N2O. The van der Waals surface area contributed by atoms with Crippen molar-refractivity contribution in [2.45, 2.75) is 39.2 Å². The van der Waals surface area contributed by atoms with Gasteiger partial charge in [-0.2, -0.15) is 0 Å². The average molecular weight is 248 g/mol. The summed E-state index contributed by atoms with van der Waals surface area (Å²) in [4.78, 5) is 4.25. The van der Waals surface area contributed by atoms with Gasteiger partial charge >= 0.3 is 0 Å². The van der Waals surface area contributed by atoms with E-state index in [9.17, 15) is 0 Å². The molecule has 2 rings (SSSR count). The molecule has 0 amide bonds. The first-order chi connectivity index (χ1) is 8.86. The molecule has 3 nitrogen and oxygen atoms in total. The summed E-state index contributed by atoms with van der Waals surface area (Å²) in [7, 11) is 0. The first-order valence-electron chi connectivity index (χ1n) is 7.10. The minimum absolute atomic E-state index is 0.422. The van der Waals surface area contributed by atoms with Crippen molar-refractivity contribution in [1.29, 1.82) is 0 Å². The van der Waals surface area contributed by atoms with E-state index >= 15 is 0 Å². The molecule has 0 radical (unpaired) electrons. The van der Waals surface area contributed by atoms with E-state index in [2.05, 4.69) is 30.2 Å². The van der Waals surface area contributed by atoms with Gasteiger partial charge in [-0.15, -0.1) is 0 Å². The van der Waals surface area contributed by atoms with Crippen LogP contribution in [0.2, 0.25) is 0 Å². The second-order valence-electron chi connectivity index (χ2n) is 4.98. The zero-order valence-electron chi connectivity index (χ0n) is 11.5. The van der Waals surface area contributed by atoms with Crippen molar-refractivity contribution in [3.63, 3.8) is 0 Å². The van der Waals surface area contributed by atoms with Gasteiger partial charge in [-0.3, -0.25) is 4.98 Å². The summed E-state index contributed by atoms with van der Waals surface area (Å²) >= 11 is 0. The Bertz CT molecular complexity index is 361. The van der Waals surface area contributed by atoms with Crippen molar-refractivity contribution in [3.8, 4) is 0 Å². The largest absolute Gasteiger partial charge is 0.381 e. The van der Waals surface area contributed by atoms with Gasteiger partial charge in [0, 0.05) is 31.0 Å². The molecule has 18 heavy (non-hydrogen) atoms. The monoisotopic (exact) mass is 248 g/mol. The maximum atomic E-state index is 5.56. The molecule has 1 saturated heterocycles.